The number of methoxy groups -OCH3 is 1. The van der Waals surface area contributed by atoms with Gasteiger partial charge in [-0.15, -0.1) is 0 Å². The van der Waals surface area contributed by atoms with Crippen LogP contribution >= 0.6 is 11.8 Å². The van der Waals surface area contributed by atoms with E-state index in [0.29, 0.717) is 34.0 Å². The number of rotatable bonds is 6. The highest BCUT2D eigenvalue weighted by molar-refractivity contribution is 8.18. The maximum atomic E-state index is 13.4. The van der Waals surface area contributed by atoms with Crippen LogP contribution < -0.4 is 9.47 Å². The van der Waals surface area contributed by atoms with E-state index < -0.39 is 0 Å². The van der Waals surface area contributed by atoms with Gasteiger partial charge in [-0.3, -0.25) is 9.69 Å². The first-order chi connectivity index (χ1) is 15.2. The molecule has 0 radical (unpaired) electrons. The maximum absolute atomic E-state index is 13.4. The second-order valence-electron chi connectivity index (χ2n) is 7.50. The normalized spacial score (nSPS) is 19.9. The number of aliphatic imine (C=N–C) groups is 1. The minimum Gasteiger partial charge on any atom is -0.493 e. The zero-order valence-corrected chi connectivity index (χ0v) is 18.7. The zero-order valence-electron chi connectivity index (χ0n) is 17.9. The standard InChI is InChI=1S/C24H27N3O3S/c1-3-30-19-13-12-17(15-20(19)29-2)16-21-23(28)27(18-9-5-4-6-10-18)24(31-21)26-22-11-7-8-14-25-22/h7-8,11-16,18H,3-6,9-10H2,1-2H3/b21-16-,26-24+. The van der Waals surface area contributed by atoms with Crippen LogP contribution in [0.3, 0.4) is 0 Å². The van der Waals surface area contributed by atoms with E-state index in [9.17, 15) is 4.79 Å². The van der Waals surface area contributed by atoms with E-state index in [4.69, 9.17) is 14.5 Å². The Bertz CT molecular complexity index is 985. The molecule has 0 N–H and O–H groups in total. The third kappa shape index (κ3) is 4.93. The average Bonchev–Trinajstić information content (AvgIpc) is 3.10. The second kappa shape index (κ2) is 10.0. The van der Waals surface area contributed by atoms with Gasteiger partial charge in [0.2, 0.25) is 0 Å². The summed E-state index contributed by atoms with van der Waals surface area (Å²) in [4.78, 5) is 25.0. The lowest BCUT2D eigenvalue weighted by atomic mass is 9.94. The van der Waals surface area contributed by atoms with Gasteiger partial charge in [-0.05, 0) is 67.4 Å². The van der Waals surface area contributed by atoms with Gasteiger partial charge in [0, 0.05) is 12.2 Å². The molecule has 4 rings (SSSR count). The smallest absolute Gasteiger partial charge is 0.267 e. The summed E-state index contributed by atoms with van der Waals surface area (Å²) in [6.45, 7) is 2.50. The Kier molecular flexibility index (Phi) is 6.92. The quantitative estimate of drug-likeness (QED) is 0.564. The topological polar surface area (TPSA) is 64.0 Å². The van der Waals surface area contributed by atoms with Gasteiger partial charge in [0.25, 0.3) is 5.91 Å². The third-order valence-electron chi connectivity index (χ3n) is 5.42. The van der Waals surface area contributed by atoms with Crippen LogP contribution in [-0.2, 0) is 4.79 Å². The van der Waals surface area contributed by atoms with Crippen molar-refractivity contribution in [3.05, 3.63) is 53.1 Å². The number of pyridine rings is 1. The van der Waals surface area contributed by atoms with E-state index in [1.807, 2.05) is 54.3 Å². The SMILES string of the molecule is CCOc1ccc(/C=C2\S/C(=N/c3ccccn3)N(C3CCCCC3)C2=O)cc1OC. The largest absolute Gasteiger partial charge is 0.493 e. The second-order valence-corrected chi connectivity index (χ2v) is 8.51. The highest BCUT2D eigenvalue weighted by Gasteiger charge is 2.38. The number of thioether (sulfide) groups is 1. The summed E-state index contributed by atoms with van der Waals surface area (Å²) >= 11 is 1.41. The molecule has 6 nitrogen and oxygen atoms in total. The summed E-state index contributed by atoms with van der Waals surface area (Å²) in [5.74, 6) is 1.97. The molecule has 31 heavy (non-hydrogen) atoms. The molecule has 2 heterocycles. The lowest BCUT2D eigenvalue weighted by molar-refractivity contribution is -0.124. The molecule has 1 aliphatic carbocycles. The number of hydrogen-bond donors (Lipinski definition) is 0. The molecule has 1 saturated heterocycles. The van der Waals surface area contributed by atoms with E-state index in [1.165, 1.54) is 18.2 Å². The fraction of sp³-hybridized carbons (Fsp3) is 0.375. The van der Waals surface area contributed by atoms with Crippen molar-refractivity contribution < 1.29 is 14.3 Å². The summed E-state index contributed by atoms with van der Waals surface area (Å²) < 4.78 is 11.1. The van der Waals surface area contributed by atoms with Crippen molar-refractivity contribution in [3.8, 4) is 11.5 Å². The van der Waals surface area contributed by atoms with Crippen LogP contribution in [0.25, 0.3) is 6.08 Å². The molecule has 1 aromatic heterocycles. The molecule has 1 aromatic carbocycles. The van der Waals surface area contributed by atoms with Gasteiger partial charge < -0.3 is 9.47 Å². The van der Waals surface area contributed by atoms with E-state index in [0.717, 1.165) is 31.2 Å². The van der Waals surface area contributed by atoms with Crippen LogP contribution in [0.1, 0.15) is 44.6 Å². The van der Waals surface area contributed by atoms with Crippen molar-refractivity contribution in [1.29, 1.82) is 0 Å². The first-order valence-electron chi connectivity index (χ1n) is 10.7. The predicted molar refractivity (Wildman–Crippen MR) is 125 cm³/mol. The van der Waals surface area contributed by atoms with Crippen LogP contribution in [0.2, 0.25) is 0 Å². The van der Waals surface area contributed by atoms with Gasteiger partial charge in [-0.2, -0.15) is 0 Å². The Morgan fingerprint density at radius 3 is 2.74 bits per heavy atom. The van der Waals surface area contributed by atoms with E-state index in [2.05, 4.69) is 4.98 Å². The molecule has 0 spiro atoms. The van der Waals surface area contributed by atoms with Crippen molar-refractivity contribution in [2.45, 2.75) is 45.1 Å². The average molecular weight is 438 g/mol. The molecular formula is C24H27N3O3S. The predicted octanol–water partition coefficient (Wildman–Crippen LogP) is 5.43. The lowest BCUT2D eigenvalue weighted by Crippen LogP contribution is -2.40. The minimum absolute atomic E-state index is 0.0134. The number of nitrogens with zero attached hydrogens (tertiary/aromatic N) is 3. The minimum atomic E-state index is 0.0134. The molecular weight excluding hydrogens is 410 g/mol. The van der Waals surface area contributed by atoms with Crippen LogP contribution in [0.15, 0.2) is 52.5 Å². The molecule has 0 unspecified atom stereocenters. The fourth-order valence-corrected chi connectivity index (χ4v) is 4.99. The highest BCUT2D eigenvalue weighted by atomic mass is 32.2. The molecule has 162 valence electrons. The number of carbonyl (C=O) groups excluding carboxylic acids is 1. The van der Waals surface area contributed by atoms with E-state index in [1.54, 1.807) is 13.3 Å². The molecule has 1 aliphatic heterocycles. The maximum Gasteiger partial charge on any atom is 0.267 e. The number of benzene rings is 1. The van der Waals surface area contributed by atoms with Gasteiger partial charge in [-0.25, -0.2) is 9.98 Å². The van der Waals surface area contributed by atoms with E-state index in [-0.39, 0.29) is 11.9 Å². The number of amidine groups is 1. The van der Waals surface area contributed by atoms with Gasteiger partial charge >= 0.3 is 0 Å². The first kappa shape index (κ1) is 21.4. The Hall–Kier alpha value is -2.80. The van der Waals surface area contributed by atoms with Crippen LogP contribution in [0, 0.1) is 0 Å². The highest BCUT2D eigenvalue weighted by Crippen LogP contribution is 2.39. The van der Waals surface area contributed by atoms with Gasteiger partial charge in [0.1, 0.15) is 0 Å². The summed E-state index contributed by atoms with van der Waals surface area (Å²) in [5.41, 5.74) is 0.888. The Labute approximate surface area is 187 Å². The third-order valence-corrected chi connectivity index (χ3v) is 6.40. The van der Waals surface area contributed by atoms with Crippen LogP contribution in [-0.4, -0.2) is 40.7 Å². The molecule has 1 saturated carbocycles. The molecule has 2 aromatic rings. The van der Waals surface area contributed by atoms with Gasteiger partial charge in [0.05, 0.1) is 18.6 Å². The molecule has 0 bridgehead atoms. The monoisotopic (exact) mass is 437 g/mol. The van der Waals surface area contributed by atoms with E-state index >= 15 is 0 Å². The first-order valence-corrected chi connectivity index (χ1v) is 11.5. The molecule has 7 heteroatoms. The number of hydrogen-bond acceptors (Lipinski definition) is 6. The molecule has 0 atom stereocenters. The Balaban J connectivity index is 1.67. The number of ether oxygens (including phenoxy) is 2. The van der Waals surface area contributed by atoms with Crippen molar-refractivity contribution in [2.75, 3.05) is 13.7 Å². The summed E-state index contributed by atoms with van der Waals surface area (Å²) in [6, 6.07) is 11.5. The van der Waals surface area contributed by atoms with Crippen molar-refractivity contribution in [1.82, 2.24) is 9.88 Å². The number of carbonyl (C=O) groups is 1. The fourth-order valence-electron chi connectivity index (χ4n) is 3.94. The number of aromatic nitrogens is 1. The summed E-state index contributed by atoms with van der Waals surface area (Å²) in [5, 5.41) is 0.708. The van der Waals surface area contributed by atoms with Crippen molar-refractivity contribution in [3.63, 3.8) is 0 Å². The molecule has 2 aliphatic rings. The zero-order chi connectivity index (χ0) is 21.6. The molecule has 1 amide bonds. The van der Waals surface area contributed by atoms with Gasteiger partial charge in [0.15, 0.2) is 22.5 Å². The Morgan fingerprint density at radius 2 is 2.03 bits per heavy atom. The van der Waals surface area contributed by atoms with Crippen LogP contribution in [0.4, 0.5) is 5.82 Å². The lowest BCUT2D eigenvalue weighted by Gasteiger charge is -2.30. The summed E-state index contributed by atoms with van der Waals surface area (Å²) in [7, 11) is 1.62. The van der Waals surface area contributed by atoms with Crippen molar-refractivity contribution in [2.24, 2.45) is 4.99 Å². The van der Waals surface area contributed by atoms with Crippen molar-refractivity contribution >= 4 is 34.7 Å². The number of amides is 1. The summed E-state index contributed by atoms with van der Waals surface area (Å²) in [6.07, 6.45) is 9.16. The van der Waals surface area contributed by atoms with Crippen LogP contribution in [0.5, 0.6) is 11.5 Å². The Morgan fingerprint density at radius 1 is 1.19 bits per heavy atom. The molecule has 2 fully saturated rings. The van der Waals surface area contributed by atoms with Gasteiger partial charge in [-0.1, -0.05) is 31.4 Å².